The van der Waals surface area contributed by atoms with Crippen LogP contribution in [0.15, 0.2) is 18.2 Å². The molecule has 0 atom stereocenters. The Morgan fingerprint density at radius 3 is 2.78 bits per heavy atom. The molecule has 0 aliphatic carbocycles. The summed E-state index contributed by atoms with van der Waals surface area (Å²) in [6.45, 7) is 2.14. The van der Waals surface area contributed by atoms with Crippen molar-refractivity contribution in [2.75, 3.05) is 5.32 Å². The third kappa shape index (κ3) is 4.77. The molecule has 0 unspecified atom stereocenters. The van der Waals surface area contributed by atoms with E-state index in [1.54, 1.807) is 18.2 Å². The Hall–Kier alpha value is -1.53. The molecule has 96 valence electrons. The summed E-state index contributed by atoms with van der Waals surface area (Å²) in [7, 11) is 0. The van der Waals surface area contributed by atoms with Gasteiger partial charge in [-0.3, -0.25) is 4.79 Å². The molecule has 0 saturated carbocycles. The van der Waals surface area contributed by atoms with Crippen molar-refractivity contribution in [3.8, 4) is 6.07 Å². The molecule has 4 heteroatoms. The van der Waals surface area contributed by atoms with Gasteiger partial charge in [0.1, 0.15) is 0 Å². The first-order chi connectivity index (χ1) is 8.67. The number of rotatable bonds is 6. The Morgan fingerprint density at radius 1 is 1.39 bits per heavy atom. The minimum Gasteiger partial charge on any atom is -0.325 e. The fourth-order valence-electron chi connectivity index (χ4n) is 1.61. The monoisotopic (exact) mass is 264 g/mol. The number of hydrogen-bond donors (Lipinski definition) is 1. The van der Waals surface area contributed by atoms with E-state index < -0.39 is 0 Å². The summed E-state index contributed by atoms with van der Waals surface area (Å²) < 4.78 is 0. The lowest BCUT2D eigenvalue weighted by Crippen LogP contribution is -2.11. The Bertz CT molecular complexity index is 452. The molecule has 3 nitrogen and oxygen atoms in total. The predicted octanol–water partition coefficient (Wildman–Crippen LogP) is 4.12. The average Bonchev–Trinajstić information content (AvgIpc) is 2.37. The molecule has 0 aromatic heterocycles. The zero-order valence-corrected chi connectivity index (χ0v) is 11.3. The van der Waals surface area contributed by atoms with Crippen molar-refractivity contribution in [3.05, 3.63) is 28.8 Å². The third-order valence-corrected chi connectivity index (χ3v) is 2.94. The van der Waals surface area contributed by atoms with Crippen LogP contribution in [0.2, 0.25) is 5.02 Å². The topological polar surface area (TPSA) is 52.9 Å². The van der Waals surface area contributed by atoms with Gasteiger partial charge in [0.15, 0.2) is 0 Å². The van der Waals surface area contributed by atoms with Crippen LogP contribution in [0.5, 0.6) is 0 Å². The Morgan fingerprint density at radius 2 is 2.17 bits per heavy atom. The number of anilines is 1. The van der Waals surface area contributed by atoms with E-state index in [2.05, 4.69) is 12.2 Å². The molecule has 1 aromatic rings. The zero-order chi connectivity index (χ0) is 13.4. The largest absolute Gasteiger partial charge is 0.325 e. The highest BCUT2D eigenvalue weighted by Gasteiger charge is 2.06. The Labute approximate surface area is 113 Å². The van der Waals surface area contributed by atoms with Crippen molar-refractivity contribution in [2.24, 2.45) is 0 Å². The van der Waals surface area contributed by atoms with E-state index in [4.69, 9.17) is 16.9 Å². The van der Waals surface area contributed by atoms with E-state index in [0.29, 0.717) is 22.7 Å². The zero-order valence-electron chi connectivity index (χ0n) is 10.5. The molecule has 0 spiro atoms. The van der Waals surface area contributed by atoms with Gasteiger partial charge >= 0.3 is 0 Å². The molecule has 0 fully saturated rings. The fourth-order valence-corrected chi connectivity index (χ4v) is 1.84. The normalized spacial score (nSPS) is 9.83. The number of carbonyl (C=O) groups excluding carboxylic acids is 1. The van der Waals surface area contributed by atoms with E-state index in [0.717, 1.165) is 25.7 Å². The van der Waals surface area contributed by atoms with Gasteiger partial charge in [0.2, 0.25) is 5.91 Å². The molecular formula is C14H17ClN2O. The third-order valence-electron chi connectivity index (χ3n) is 2.63. The van der Waals surface area contributed by atoms with Gasteiger partial charge in [0, 0.05) is 6.42 Å². The number of nitrogens with one attached hydrogen (secondary N) is 1. The summed E-state index contributed by atoms with van der Waals surface area (Å²) in [6, 6.07) is 6.84. The average molecular weight is 265 g/mol. The van der Waals surface area contributed by atoms with Crippen molar-refractivity contribution >= 4 is 23.2 Å². The van der Waals surface area contributed by atoms with Gasteiger partial charge < -0.3 is 5.32 Å². The summed E-state index contributed by atoms with van der Waals surface area (Å²) >= 11 is 5.97. The highest BCUT2D eigenvalue weighted by molar-refractivity contribution is 6.33. The molecule has 0 aliphatic rings. The van der Waals surface area contributed by atoms with Crippen LogP contribution in [0.25, 0.3) is 0 Å². The Kier molecular flexibility index (Phi) is 6.24. The van der Waals surface area contributed by atoms with Crippen LogP contribution in [-0.4, -0.2) is 5.91 Å². The van der Waals surface area contributed by atoms with E-state index in [9.17, 15) is 4.79 Å². The van der Waals surface area contributed by atoms with Crippen molar-refractivity contribution in [2.45, 2.75) is 39.0 Å². The van der Waals surface area contributed by atoms with E-state index >= 15 is 0 Å². The quantitative estimate of drug-likeness (QED) is 0.786. The van der Waals surface area contributed by atoms with Crippen LogP contribution < -0.4 is 5.32 Å². The van der Waals surface area contributed by atoms with Crippen LogP contribution in [0.1, 0.15) is 44.6 Å². The van der Waals surface area contributed by atoms with Crippen molar-refractivity contribution in [3.63, 3.8) is 0 Å². The first-order valence-corrected chi connectivity index (χ1v) is 6.54. The number of benzene rings is 1. The molecule has 1 N–H and O–H groups in total. The fraction of sp³-hybridized carbons (Fsp3) is 0.429. The molecule has 0 saturated heterocycles. The summed E-state index contributed by atoms with van der Waals surface area (Å²) in [5, 5.41) is 11.9. The minimum absolute atomic E-state index is 0.0299. The number of hydrogen-bond acceptors (Lipinski definition) is 2. The number of amides is 1. The predicted molar refractivity (Wildman–Crippen MR) is 73.6 cm³/mol. The maximum Gasteiger partial charge on any atom is 0.224 e. The number of nitriles is 1. The summed E-state index contributed by atoms with van der Waals surface area (Å²) in [5.41, 5.74) is 1.05. The molecule has 1 rings (SSSR count). The lowest BCUT2D eigenvalue weighted by Gasteiger charge is -2.07. The van der Waals surface area contributed by atoms with Gasteiger partial charge in [-0.15, -0.1) is 0 Å². The van der Waals surface area contributed by atoms with E-state index in [-0.39, 0.29) is 5.91 Å². The van der Waals surface area contributed by atoms with Gasteiger partial charge in [-0.2, -0.15) is 5.26 Å². The molecule has 1 aromatic carbocycles. The first-order valence-electron chi connectivity index (χ1n) is 6.17. The number of nitrogens with zero attached hydrogens (tertiary/aromatic N) is 1. The molecular weight excluding hydrogens is 248 g/mol. The van der Waals surface area contributed by atoms with Crippen LogP contribution >= 0.6 is 11.6 Å². The van der Waals surface area contributed by atoms with Crippen LogP contribution in [0.4, 0.5) is 5.69 Å². The van der Waals surface area contributed by atoms with E-state index in [1.165, 1.54) is 0 Å². The van der Waals surface area contributed by atoms with Crippen molar-refractivity contribution < 1.29 is 4.79 Å². The molecule has 0 bridgehead atoms. The SMILES string of the molecule is CCCCCCC(=O)Nc1ccc(C#N)cc1Cl. The number of halogens is 1. The highest BCUT2D eigenvalue weighted by Crippen LogP contribution is 2.23. The van der Waals surface area contributed by atoms with Crippen LogP contribution in [0.3, 0.4) is 0 Å². The standard InChI is InChI=1S/C14H17ClN2O/c1-2-3-4-5-6-14(18)17-13-8-7-11(10-16)9-12(13)15/h7-9H,2-6H2,1H3,(H,17,18). The second-order valence-corrected chi connectivity index (χ2v) is 4.57. The molecule has 18 heavy (non-hydrogen) atoms. The van der Waals surface area contributed by atoms with Crippen molar-refractivity contribution in [1.82, 2.24) is 0 Å². The van der Waals surface area contributed by atoms with Crippen LogP contribution in [-0.2, 0) is 4.79 Å². The second-order valence-electron chi connectivity index (χ2n) is 4.17. The summed E-state index contributed by atoms with van der Waals surface area (Å²) in [5.74, 6) is -0.0299. The van der Waals surface area contributed by atoms with Gasteiger partial charge in [-0.1, -0.05) is 37.8 Å². The second kappa shape index (κ2) is 7.73. The maximum atomic E-state index is 11.6. The maximum absolute atomic E-state index is 11.6. The van der Waals surface area contributed by atoms with Gasteiger partial charge in [-0.25, -0.2) is 0 Å². The molecule has 0 radical (unpaired) electrons. The first kappa shape index (κ1) is 14.5. The summed E-state index contributed by atoms with van der Waals surface area (Å²) in [4.78, 5) is 11.6. The van der Waals surface area contributed by atoms with Crippen molar-refractivity contribution in [1.29, 1.82) is 5.26 Å². The number of unbranched alkanes of at least 4 members (excludes halogenated alkanes) is 3. The van der Waals surface area contributed by atoms with Gasteiger partial charge in [0.25, 0.3) is 0 Å². The van der Waals surface area contributed by atoms with E-state index in [1.807, 2.05) is 6.07 Å². The Balaban J connectivity index is 2.47. The lowest BCUT2D eigenvalue weighted by molar-refractivity contribution is -0.116. The minimum atomic E-state index is -0.0299. The molecule has 0 heterocycles. The molecule has 0 aliphatic heterocycles. The van der Waals surface area contributed by atoms with Gasteiger partial charge in [-0.05, 0) is 24.6 Å². The smallest absolute Gasteiger partial charge is 0.224 e. The van der Waals surface area contributed by atoms with Crippen LogP contribution in [0, 0.1) is 11.3 Å². The lowest BCUT2D eigenvalue weighted by atomic mass is 10.1. The summed E-state index contributed by atoms with van der Waals surface area (Å²) in [6.07, 6.45) is 4.79. The molecule has 1 amide bonds. The van der Waals surface area contributed by atoms with Gasteiger partial charge in [0.05, 0.1) is 22.3 Å². The number of carbonyl (C=O) groups is 1. The highest BCUT2D eigenvalue weighted by atomic mass is 35.5.